The van der Waals surface area contributed by atoms with Crippen LogP contribution in [0.1, 0.15) is 11.4 Å². The average Bonchev–Trinajstić information content (AvgIpc) is 2.63. The first-order valence-electron chi connectivity index (χ1n) is 5.41. The fourth-order valence-electron chi connectivity index (χ4n) is 1.77. The van der Waals surface area contributed by atoms with Crippen LogP contribution in [0.2, 0.25) is 0 Å². The van der Waals surface area contributed by atoms with E-state index in [1.807, 2.05) is 17.8 Å². The molecule has 0 amide bonds. The summed E-state index contributed by atoms with van der Waals surface area (Å²) in [5, 5.41) is 8.91. The van der Waals surface area contributed by atoms with Crippen LogP contribution in [0.5, 0.6) is 0 Å². The van der Waals surface area contributed by atoms with Gasteiger partial charge in [0.25, 0.3) is 0 Å². The Balaban J connectivity index is 2.37. The van der Waals surface area contributed by atoms with Crippen molar-refractivity contribution in [2.75, 3.05) is 6.61 Å². The second-order valence-electron chi connectivity index (χ2n) is 3.96. The topological polar surface area (TPSA) is 38.1 Å². The molecule has 2 aromatic rings. The van der Waals surface area contributed by atoms with E-state index < -0.39 is 0 Å². The second-order valence-corrected chi connectivity index (χ2v) is 3.96. The molecule has 1 heterocycles. The Morgan fingerprint density at radius 1 is 1.25 bits per heavy atom. The third-order valence-corrected chi connectivity index (χ3v) is 2.77. The van der Waals surface area contributed by atoms with Gasteiger partial charge >= 0.3 is 0 Å². The summed E-state index contributed by atoms with van der Waals surface area (Å²) in [5.74, 6) is 0.915. The van der Waals surface area contributed by atoms with Gasteiger partial charge in [-0.05, 0) is 12.5 Å². The van der Waals surface area contributed by atoms with Gasteiger partial charge in [0, 0.05) is 13.5 Å². The number of benzene rings is 1. The minimum atomic E-state index is 0.137. The van der Waals surface area contributed by atoms with E-state index in [2.05, 4.69) is 36.2 Å². The minimum Gasteiger partial charge on any atom is -0.396 e. The van der Waals surface area contributed by atoms with E-state index >= 15 is 0 Å². The van der Waals surface area contributed by atoms with Crippen molar-refractivity contribution in [3.05, 3.63) is 41.9 Å². The summed E-state index contributed by atoms with van der Waals surface area (Å²) < 4.78 is 2.03. The highest BCUT2D eigenvalue weighted by atomic mass is 16.3. The van der Waals surface area contributed by atoms with Gasteiger partial charge in [-0.2, -0.15) is 0 Å². The van der Waals surface area contributed by atoms with Crippen LogP contribution in [0.4, 0.5) is 0 Å². The number of aromatic nitrogens is 2. The molecule has 84 valence electrons. The van der Waals surface area contributed by atoms with Gasteiger partial charge in [-0.3, -0.25) is 0 Å². The molecule has 0 saturated carbocycles. The summed E-state index contributed by atoms with van der Waals surface area (Å²) >= 11 is 0. The maximum Gasteiger partial charge on any atom is 0.111 e. The minimum absolute atomic E-state index is 0.137. The van der Waals surface area contributed by atoms with Crippen LogP contribution in [-0.2, 0) is 13.5 Å². The molecule has 0 aliphatic heterocycles. The lowest BCUT2D eigenvalue weighted by Gasteiger charge is -2.05. The lowest BCUT2D eigenvalue weighted by molar-refractivity contribution is 0.295. The Bertz CT molecular complexity index is 471. The van der Waals surface area contributed by atoms with Gasteiger partial charge in [0.05, 0.1) is 18.5 Å². The SMILES string of the molecule is Cc1ccc(-c2cnc(CCO)n2C)cc1. The van der Waals surface area contributed by atoms with Gasteiger partial charge in [0.15, 0.2) is 0 Å². The van der Waals surface area contributed by atoms with Crippen molar-refractivity contribution in [2.24, 2.45) is 7.05 Å². The number of hydrogen-bond donors (Lipinski definition) is 1. The van der Waals surface area contributed by atoms with Crippen LogP contribution in [0.25, 0.3) is 11.3 Å². The average molecular weight is 216 g/mol. The van der Waals surface area contributed by atoms with Crippen LogP contribution >= 0.6 is 0 Å². The van der Waals surface area contributed by atoms with Gasteiger partial charge in [0.2, 0.25) is 0 Å². The molecule has 3 heteroatoms. The maximum atomic E-state index is 8.91. The number of aliphatic hydroxyl groups excluding tert-OH is 1. The van der Waals surface area contributed by atoms with Gasteiger partial charge in [-0.1, -0.05) is 29.8 Å². The molecule has 0 aliphatic rings. The highest BCUT2D eigenvalue weighted by molar-refractivity contribution is 5.59. The normalized spacial score (nSPS) is 10.7. The third kappa shape index (κ3) is 1.99. The lowest BCUT2D eigenvalue weighted by atomic mass is 10.1. The van der Waals surface area contributed by atoms with Crippen LogP contribution in [0.3, 0.4) is 0 Å². The summed E-state index contributed by atoms with van der Waals surface area (Å²) in [6, 6.07) is 8.37. The molecule has 2 rings (SSSR count). The molecule has 1 aromatic heterocycles. The monoisotopic (exact) mass is 216 g/mol. The fraction of sp³-hybridized carbons (Fsp3) is 0.308. The molecule has 0 saturated heterocycles. The van der Waals surface area contributed by atoms with E-state index in [4.69, 9.17) is 5.11 Å². The summed E-state index contributed by atoms with van der Waals surface area (Å²) in [5.41, 5.74) is 3.50. The van der Waals surface area contributed by atoms with E-state index in [-0.39, 0.29) is 6.61 Å². The quantitative estimate of drug-likeness (QED) is 0.851. The van der Waals surface area contributed by atoms with Crippen LogP contribution in [0, 0.1) is 6.92 Å². The van der Waals surface area contributed by atoms with E-state index in [0.29, 0.717) is 6.42 Å². The first-order valence-corrected chi connectivity index (χ1v) is 5.41. The number of aryl methyl sites for hydroxylation is 1. The van der Waals surface area contributed by atoms with Crippen molar-refractivity contribution >= 4 is 0 Å². The van der Waals surface area contributed by atoms with E-state index in [0.717, 1.165) is 17.1 Å². The van der Waals surface area contributed by atoms with Gasteiger partial charge in [0.1, 0.15) is 5.82 Å². The van der Waals surface area contributed by atoms with E-state index in [9.17, 15) is 0 Å². The molecule has 0 radical (unpaired) electrons. The standard InChI is InChI=1S/C13H16N2O/c1-10-3-5-11(6-4-10)12-9-14-13(7-8-16)15(12)2/h3-6,9,16H,7-8H2,1-2H3. The van der Waals surface area contributed by atoms with Crippen molar-refractivity contribution < 1.29 is 5.11 Å². The molecular weight excluding hydrogens is 200 g/mol. The fourth-order valence-corrected chi connectivity index (χ4v) is 1.77. The predicted molar refractivity (Wildman–Crippen MR) is 64.2 cm³/mol. The van der Waals surface area contributed by atoms with Crippen LogP contribution < -0.4 is 0 Å². The first kappa shape index (κ1) is 10.9. The number of nitrogens with zero attached hydrogens (tertiary/aromatic N) is 2. The van der Waals surface area contributed by atoms with Crippen molar-refractivity contribution in [1.82, 2.24) is 9.55 Å². The van der Waals surface area contributed by atoms with E-state index in [1.165, 1.54) is 5.56 Å². The maximum absolute atomic E-state index is 8.91. The molecule has 1 N–H and O–H groups in total. The van der Waals surface area contributed by atoms with Gasteiger partial charge in [-0.15, -0.1) is 0 Å². The Labute approximate surface area is 95.4 Å². The molecule has 0 unspecified atom stereocenters. The Morgan fingerprint density at radius 3 is 2.56 bits per heavy atom. The van der Waals surface area contributed by atoms with Crippen LogP contribution in [0.15, 0.2) is 30.5 Å². The summed E-state index contributed by atoms with van der Waals surface area (Å²) in [6.45, 7) is 2.21. The molecule has 16 heavy (non-hydrogen) atoms. The van der Waals surface area contributed by atoms with Crippen molar-refractivity contribution in [1.29, 1.82) is 0 Å². The zero-order chi connectivity index (χ0) is 11.5. The molecule has 0 aliphatic carbocycles. The zero-order valence-electron chi connectivity index (χ0n) is 9.64. The smallest absolute Gasteiger partial charge is 0.111 e. The molecule has 0 bridgehead atoms. The first-order chi connectivity index (χ1) is 7.72. The summed E-state index contributed by atoms with van der Waals surface area (Å²) in [7, 11) is 1.98. The van der Waals surface area contributed by atoms with Crippen molar-refractivity contribution in [3.63, 3.8) is 0 Å². The number of rotatable bonds is 3. The molecular formula is C13H16N2O. The van der Waals surface area contributed by atoms with Crippen molar-refractivity contribution in [2.45, 2.75) is 13.3 Å². The Kier molecular flexibility index (Phi) is 3.06. The third-order valence-electron chi connectivity index (χ3n) is 2.77. The molecule has 3 nitrogen and oxygen atoms in total. The summed E-state index contributed by atoms with van der Waals surface area (Å²) in [4.78, 5) is 4.31. The number of aliphatic hydroxyl groups is 1. The largest absolute Gasteiger partial charge is 0.396 e. The molecule has 0 fully saturated rings. The Morgan fingerprint density at radius 2 is 1.94 bits per heavy atom. The van der Waals surface area contributed by atoms with Crippen molar-refractivity contribution in [3.8, 4) is 11.3 Å². The second kappa shape index (κ2) is 4.49. The van der Waals surface area contributed by atoms with E-state index in [1.54, 1.807) is 0 Å². The van der Waals surface area contributed by atoms with Crippen LogP contribution in [-0.4, -0.2) is 21.3 Å². The van der Waals surface area contributed by atoms with Gasteiger partial charge in [-0.25, -0.2) is 4.98 Å². The Hall–Kier alpha value is -1.61. The zero-order valence-corrected chi connectivity index (χ0v) is 9.64. The number of hydrogen-bond acceptors (Lipinski definition) is 2. The summed E-state index contributed by atoms with van der Waals surface area (Å²) in [6.07, 6.45) is 2.46. The molecule has 0 atom stereocenters. The van der Waals surface area contributed by atoms with Gasteiger partial charge < -0.3 is 9.67 Å². The molecule has 1 aromatic carbocycles. The number of imidazole rings is 1. The molecule has 0 spiro atoms. The highest BCUT2D eigenvalue weighted by Crippen LogP contribution is 2.20. The lowest BCUT2D eigenvalue weighted by Crippen LogP contribution is -2.02. The predicted octanol–water partition coefficient (Wildman–Crippen LogP) is 1.93. The highest BCUT2D eigenvalue weighted by Gasteiger charge is 2.07.